The van der Waals surface area contributed by atoms with Crippen LogP contribution in [0.5, 0.6) is 0 Å². The topological polar surface area (TPSA) is 306 Å². The normalized spacial score (nSPS) is 20.4. The summed E-state index contributed by atoms with van der Waals surface area (Å²) in [6.07, 6.45) is 28.8. The third kappa shape index (κ3) is 29.9. The fraction of sp³-hybridized carbons (Fsp3) is 0.680. The molecule has 1 fully saturated rings. The average Bonchev–Trinajstić information content (AvgIpc) is 3.61. The highest BCUT2D eigenvalue weighted by Gasteiger charge is 2.46. The number of nitrogens with two attached hydrogens (primary N) is 1. The molecule has 9 atom stereocenters. The fourth-order valence-electron chi connectivity index (χ4n) is 7.21. The number of carbonyl (C=O) groups is 2. The molecule has 410 valence electrons. The predicted molar refractivity (Wildman–Crippen MR) is 273 cm³/mol. The van der Waals surface area contributed by atoms with Crippen molar-refractivity contribution in [2.75, 3.05) is 25.6 Å². The fourth-order valence-corrected chi connectivity index (χ4v) is 9.32. The van der Waals surface area contributed by atoms with Crippen molar-refractivity contribution in [1.82, 2.24) is 9.55 Å². The number of aromatic nitrogens is 2. The molecule has 0 spiro atoms. The number of nitrogens with zero attached hydrogens (tertiary/aromatic N) is 2. The van der Waals surface area contributed by atoms with Crippen molar-refractivity contribution in [3.8, 4) is 0 Å². The quantitative estimate of drug-likeness (QED) is 0.0140. The molecule has 0 radical (unpaired) electrons. The summed E-state index contributed by atoms with van der Waals surface area (Å²) in [5, 5.41) is 41.5. The third-order valence-electron chi connectivity index (χ3n) is 11.3. The number of aliphatic hydroxyl groups is 4. The number of allylic oxidation sites excluding steroid dienone is 9. The van der Waals surface area contributed by atoms with Crippen LogP contribution in [0.4, 0.5) is 5.82 Å². The monoisotopic (exact) mass is 1060 g/mol. The number of rotatable bonds is 41. The lowest BCUT2D eigenvalue weighted by Crippen LogP contribution is -2.36. The van der Waals surface area contributed by atoms with Gasteiger partial charge in [-0.05, 0) is 83.1 Å². The maximum Gasteiger partial charge on any atom is 0.481 e. The van der Waals surface area contributed by atoms with Crippen LogP contribution in [-0.2, 0) is 46.3 Å². The zero-order chi connectivity index (χ0) is 53.0. The molecular formula is C50H83N3O17P2. The molecule has 8 N–H and O–H groups in total. The van der Waals surface area contributed by atoms with Gasteiger partial charge in [-0.25, -0.2) is 13.9 Å². The second-order valence-corrected chi connectivity index (χ2v) is 20.6. The molecule has 0 saturated carbocycles. The Labute approximate surface area is 425 Å². The smallest absolute Gasteiger partial charge is 0.462 e. The van der Waals surface area contributed by atoms with Crippen LogP contribution in [0.25, 0.3) is 0 Å². The van der Waals surface area contributed by atoms with Gasteiger partial charge in [0.1, 0.15) is 30.7 Å². The van der Waals surface area contributed by atoms with Gasteiger partial charge in [-0.3, -0.25) is 23.2 Å². The number of phosphoric acid groups is 2. The number of phosphoric ester groups is 2. The Kier molecular flexibility index (Phi) is 34.0. The van der Waals surface area contributed by atoms with Crippen molar-refractivity contribution >= 4 is 33.4 Å². The molecule has 20 nitrogen and oxygen atoms in total. The van der Waals surface area contributed by atoms with E-state index < -0.39 is 95.9 Å². The summed E-state index contributed by atoms with van der Waals surface area (Å²) in [5.74, 6) is -1.45. The largest absolute Gasteiger partial charge is 0.481 e. The molecular weight excluding hydrogens is 977 g/mol. The number of carbonyl (C=O) groups excluding carboxylic acids is 2. The average molecular weight is 1060 g/mol. The van der Waals surface area contributed by atoms with Crippen molar-refractivity contribution in [1.29, 1.82) is 0 Å². The van der Waals surface area contributed by atoms with E-state index in [1.807, 2.05) is 12.2 Å². The first-order valence-electron chi connectivity index (χ1n) is 25.5. The molecule has 2 rings (SSSR count). The third-order valence-corrected chi connectivity index (χ3v) is 13.9. The van der Waals surface area contributed by atoms with Crippen LogP contribution in [0.2, 0.25) is 0 Å². The second-order valence-electron chi connectivity index (χ2n) is 17.6. The Morgan fingerprint density at radius 3 is 1.96 bits per heavy atom. The van der Waals surface area contributed by atoms with Gasteiger partial charge < -0.3 is 50.2 Å². The van der Waals surface area contributed by atoms with Gasteiger partial charge in [0.25, 0.3) is 0 Å². The summed E-state index contributed by atoms with van der Waals surface area (Å²) in [4.78, 5) is 61.9. The van der Waals surface area contributed by atoms with Crippen molar-refractivity contribution in [2.24, 2.45) is 0 Å². The summed E-state index contributed by atoms with van der Waals surface area (Å²) in [6, 6.07) is 1.23. The second kappa shape index (κ2) is 38.0. The van der Waals surface area contributed by atoms with Gasteiger partial charge >= 0.3 is 33.3 Å². The number of anilines is 1. The molecule has 0 bridgehead atoms. The van der Waals surface area contributed by atoms with E-state index in [2.05, 4.69) is 71.8 Å². The molecule has 1 aliphatic rings. The maximum atomic E-state index is 12.9. The molecule has 1 aromatic heterocycles. The van der Waals surface area contributed by atoms with E-state index in [1.54, 1.807) is 0 Å². The molecule has 0 amide bonds. The van der Waals surface area contributed by atoms with Crippen molar-refractivity contribution < 1.29 is 76.5 Å². The number of hydrogen-bond donors (Lipinski definition) is 7. The molecule has 1 aromatic rings. The highest BCUT2D eigenvalue weighted by Crippen LogP contribution is 2.60. The summed E-state index contributed by atoms with van der Waals surface area (Å²) < 4.78 is 56.7. The van der Waals surface area contributed by atoms with Crippen molar-refractivity contribution in [3.05, 3.63) is 83.5 Å². The van der Waals surface area contributed by atoms with Crippen LogP contribution in [0, 0.1) is 0 Å². The van der Waals surface area contributed by atoms with E-state index in [-0.39, 0.29) is 18.7 Å². The van der Waals surface area contributed by atoms with Gasteiger partial charge in [0.15, 0.2) is 12.3 Å². The number of nitrogen functional groups attached to an aromatic ring is 1. The van der Waals surface area contributed by atoms with Gasteiger partial charge in [0, 0.05) is 19.0 Å². The van der Waals surface area contributed by atoms with Crippen LogP contribution in [0.15, 0.2) is 77.8 Å². The van der Waals surface area contributed by atoms with E-state index >= 15 is 0 Å². The minimum absolute atomic E-state index is 0.0122. The van der Waals surface area contributed by atoms with E-state index in [0.29, 0.717) is 38.5 Å². The Hall–Kier alpha value is -3.62. The van der Waals surface area contributed by atoms with Crippen LogP contribution >= 0.6 is 15.6 Å². The molecule has 2 unspecified atom stereocenters. The van der Waals surface area contributed by atoms with Crippen LogP contribution < -0.4 is 11.4 Å². The molecule has 1 saturated heterocycles. The van der Waals surface area contributed by atoms with Gasteiger partial charge in [0.2, 0.25) is 0 Å². The Morgan fingerprint density at radius 1 is 0.736 bits per heavy atom. The summed E-state index contributed by atoms with van der Waals surface area (Å²) in [6.45, 7) is 1.80. The van der Waals surface area contributed by atoms with Crippen LogP contribution in [-0.4, -0.2) is 108 Å². The molecule has 0 aromatic carbocycles. The number of unbranched alkanes of at least 4 members (excludes halogenated alkanes) is 11. The molecule has 2 heterocycles. The van der Waals surface area contributed by atoms with E-state index in [0.717, 1.165) is 101 Å². The lowest BCUT2D eigenvalue weighted by atomic mass is 10.0. The number of ether oxygens (including phenoxy) is 3. The van der Waals surface area contributed by atoms with Gasteiger partial charge in [0.05, 0.1) is 25.4 Å². The van der Waals surface area contributed by atoms with Crippen molar-refractivity contribution in [3.63, 3.8) is 0 Å². The van der Waals surface area contributed by atoms with E-state index in [1.165, 1.54) is 6.07 Å². The highest BCUT2D eigenvalue weighted by molar-refractivity contribution is 7.61. The van der Waals surface area contributed by atoms with Crippen LogP contribution in [0.1, 0.15) is 161 Å². The standard InChI is InChI=1S/C50H83N3O17P2/c1-3-5-7-9-11-12-13-14-15-16-17-18-19-20-21-25-30-34-46(57)68-40(37-65-45(56)33-29-26-22-24-28-32-42(55)41(54)31-27-23-10-8-6-4-2)38-66-71(61,62)70-72(63,64)67-39-43-47(58)48(59)49(69-43)53-36-35-44(51)52-50(53)60/h5,7,11-12,14-15,17-18,23,27,35-36,40-43,47-49,54-55,58-59H,3-4,6,8-10,13,16,19-22,24-26,28-34,37-39H2,1-2H3,(H,61,62)(H,63,64)(H2,51,52,60)/b7-5-,12-11-,15-14-,18-17-,27-23-/t40-,41-,42-,43-,47-,48-,49-/m1/s1. The first-order valence-corrected chi connectivity index (χ1v) is 28.5. The Morgan fingerprint density at radius 2 is 1.31 bits per heavy atom. The number of aliphatic hydroxyl groups excluding tert-OH is 4. The number of hydrogen-bond acceptors (Lipinski definition) is 17. The molecule has 1 aliphatic heterocycles. The predicted octanol–water partition coefficient (Wildman–Crippen LogP) is 8.28. The first kappa shape index (κ1) is 64.5. The molecule has 22 heteroatoms. The van der Waals surface area contributed by atoms with Gasteiger partial charge in [-0.1, -0.05) is 126 Å². The van der Waals surface area contributed by atoms with E-state index in [9.17, 15) is 53.7 Å². The Bertz CT molecular complexity index is 1980. The maximum absolute atomic E-state index is 12.9. The molecule has 0 aliphatic carbocycles. The summed E-state index contributed by atoms with van der Waals surface area (Å²) in [7, 11) is -10.9. The highest BCUT2D eigenvalue weighted by atomic mass is 31.3. The Balaban J connectivity index is 1.84. The van der Waals surface area contributed by atoms with Crippen molar-refractivity contribution in [2.45, 2.75) is 198 Å². The summed E-state index contributed by atoms with van der Waals surface area (Å²) in [5.41, 5.74) is 4.57. The van der Waals surface area contributed by atoms with Gasteiger partial charge in [-0.2, -0.15) is 9.29 Å². The lowest BCUT2D eigenvalue weighted by Gasteiger charge is -2.21. The van der Waals surface area contributed by atoms with Gasteiger partial charge in [-0.15, -0.1) is 0 Å². The lowest BCUT2D eigenvalue weighted by molar-refractivity contribution is -0.161. The SMILES string of the molecule is CC/C=C\C/C=C\C/C=C\C/C=C\CCCCCCC(=O)O[C@H](COC(=O)CCCCCCC[C@@H](O)[C@H](O)C/C=C\CCCCC)COP(=O)(O)OP(=O)(O)OC[C@H]1O[C@@H](n2ccc(N)nc2=O)[C@H](O)[C@@H]1O. The zero-order valence-corrected chi connectivity index (χ0v) is 44.0. The zero-order valence-electron chi connectivity index (χ0n) is 42.2. The summed E-state index contributed by atoms with van der Waals surface area (Å²) >= 11 is 0. The minimum atomic E-state index is -5.46. The minimum Gasteiger partial charge on any atom is -0.462 e. The van der Waals surface area contributed by atoms with E-state index in [4.69, 9.17) is 29.0 Å². The number of esters is 2. The van der Waals surface area contributed by atoms with Crippen LogP contribution in [0.3, 0.4) is 0 Å². The molecule has 72 heavy (non-hydrogen) atoms. The first-order chi connectivity index (χ1) is 34.5.